The van der Waals surface area contributed by atoms with Crippen LogP contribution in [0.15, 0.2) is 66.0 Å². The van der Waals surface area contributed by atoms with E-state index in [4.69, 9.17) is 4.74 Å². The minimum absolute atomic E-state index is 0.0128. The Morgan fingerprint density at radius 1 is 0.964 bits per heavy atom. The predicted octanol–water partition coefficient (Wildman–Crippen LogP) is 3.39. The van der Waals surface area contributed by atoms with Crippen molar-refractivity contribution in [3.63, 3.8) is 0 Å². The van der Waals surface area contributed by atoms with Gasteiger partial charge in [-0.1, -0.05) is 18.2 Å². The first-order valence-electron chi connectivity index (χ1n) is 9.57. The Morgan fingerprint density at radius 3 is 2.46 bits per heavy atom. The monoisotopic (exact) mass is 395 g/mol. The van der Waals surface area contributed by atoms with Crippen LogP contribution in [0.2, 0.25) is 0 Å². The number of benzene rings is 1. The van der Waals surface area contributed by atoms with Crippen LogP contribution in [0.4, 0.5) is 0 Å². The van der Waals surface area contributed by atoms with Crippen LogP contribution < -0.4 is 4.74 Å². The molecular formula is C21H21N3O3S. The van der Waals surface area contributed by atoms with Crippen molar-refractivity contribution < 1.29 is 13.2 Å². The summed E-state index contributed by atoms with van der Waals surface area (Å²) in [5, 5.41) is 0.839. The fourth-order valence-corrected chi connectivity index (χ4v) is 6.64. The van der Waals surface area contributed by atoms with Gasteiger partial charge in [0.25, 0.3) is 0 Å². The Kier molecular flexibility index (Phi) is 4.29. The fraction of sp³-hybridized carbons (Fsp3) is 0.333. The van der Waals surface area contributed by atoms with E-state index >= 15 is 0 Å². The Hall–Kier alpha value is -2.51. The molecule has 2 atom stereocenters. The molecule has 5 rings (SSSR count). The highest BCUT2D eigenvalue weighted by Crippen LogP contribution is 2.41. The zero-order chi connectivity index (χ0) is 19.1. The molecule has 0 aliphatic carbocycles. The molecule has 2 aliphatic heterocycles. The molecule has 28 heavy (non-hydrogen) atoms. The van der Waals surface area contributed by atoms with Crippen molar-refractivity contribution >= 4 is 20.9 Å². The van der Waals surface area contributed by atoms with E-state index in [9.17, 15) is 8.42 Å². The van der Waals surface area contributed by atoms with Gasteiger partial charge >= 0.3 is 0 Å². The maximum absolute atomic E-state index is 13.6. The minimum atomic E-state index is -3.62. The van der Waals surface area contributed by atoms with Gasteiger partial charge in [-0.15, -0.1) is 0 Å². The number of piperidine rings is 1. The van der Waals surface area contributed by atoms with Crippen molar-refractivity contribution in [2.24, 2.45) is 0 Å². The summed E-state index contributed by atoms with van der Waals surface area (Å²) >= 11 is 0. The van der Waals surface area contributed by atoms with Crippen LogP contribution in [0, 0.1) is 0 Å². The van der Waals surface area contributed by atoms with Crippen LogP contribution in [-0.4, -0.2) is 40.9 Å². The van der Waals surface area contributed by atoms with Crippen LogP contribution in [-0.2, 0) is 10.0 Å². The predicted molar refractivity (Wildman–Crippen MR) is 105 cm³/mol. The van der Waals surface area contributed by atoms with Gasteiger partial charge in [0.15, 0.2) is 0 Å². The lowest BCUT2D eigenvalue weighted by atomic mass is 10.0. The molecule has 0 radical (unpaired) electrons. The summed E-state index contributed by atoms with van der Waals surface area (Å²) in [5.41, 5.74) is 0.540. The van der Waals surface area contributed by atoms with Gasteiger partial charge in [0.1, 0.15) is 16.7 Å². The van der Waals surface area contributed by atoms with Gasteiger partial charge in [-0.25, -0.2) is 8.42 Å². The topological polar surface area (TPSA) is 72.4 Å². The van der Waals surface area contributed by atoms with Crippen molar-refractivity contribution in [2.45, 2.75) is 48.8 Å². The fourth-order valence-electron chi connectivity index (χ4n) is 4.58. The maximum Gasteiger partial charge on any atom is 0.245 e. The highest BCUT2D eigenvalue weighted by molar-refractivity contribution is 7.89. The molecule has 1 aromatic carbocycles. The molecule has 2 fully saturated rings. The minimum Gasteiger partial charge on any atom is -0.489 e. The van der Waals surface area contributed by atoms with Gasteiger partial charge in [-0.2, -0.15) is 4.31 Å². The Bertz CT molecular complexity index is 1080. The summed E-state index contributed by atoms with van der Waals surface area (Å²) in [4.78, 5) is 8.73. The second-order valence-corrected chi connectivity index (χ2v) is 9.26. The number of sulfonamides is 1. The van der Waals surface area contributed by atoms with Gasteiger partial charge < -0.3 is 4.74 Å². The van der Waals surface area contributed by atoms with Crippen LogP contribution >= 0.6 is 0 Å². The smallest absolute Gasteiger partial charge is 0.245 e. The average molecular weight is 395 g/mol. The van der Waals surface area contributed by atoms with Gasteiger partial charge in [-0.3, -0.25) is 9.97 Å². The molecule has 0 saturated carbocycles. The SMILES string of the molecule is O=S(=O)(c1cccc2cccnc12)N1C2CCC1CC(Oc1cccnc1)C2. The van der Waals surface area contributed by atoms with E-state index in [1.807, 2.05) is 30.3 Å². The molecule has 2 unspecified atom stereocenters. The van der Waals surface area contributed by atoms with Crippen LogP contribution in [0.1, 0.15) is 25.7 Å². The second kappa shape index (κ2) is 6.83. The summed E-state index contributed by atoms with van der Waals surface area (Å²) in [6.45, 7) is 0. The van der Waals surface area contributed by atoms with Gasteiger partial charge in [0.05, 0.1) is 11.7 Å². The molecule has 0 amide bonds. The number of para-hydroxylation sites is 1. The van der Waals surface area contributed by atoms with E-state index in [2.05, 4.69) is 9.97 Å². The van der Waals surface area contributed by atoms with Crippen LogP contribution in [0.25, 0.3) is 10.9 Å². The molecule has 2 aliphatic rings. The second-order valence-electron chi connectivity index (χ2n) is 7.45. The molecule has 3 aromatic rings. The third-order valence-corrected chi connectivity index (χ3v) is 7.75. The lowest BCUT2D eigenvalue weighted by Crippen LogP contribution is -2.49. The van der Waals surface area contributed by atoms with Crippen LogP contribution in [0.3, 0.4) is 0 Å². The van der Waals surface area contributed by atoms with E-state index in [1.165, 1.54) is 0 Å². The molecular weight excluding hydrogens is 374 g/mol. The van der Waals surface area contributed by atoms with Crippen molar-refractivity contribution in [3.05, 3.63) is 61.1 Å². The summed E-state index contributed by atoms with van der Waals surface area (Å²) in [5.74, 6) is 0.737. The quantitative estimate of drug-likeness (QED) is 0.677. The molecule has 2 aromatic heterocycles. The van der Waals surface area contributed by atoms with E-state index < -0.39 is 10.0 Å². The summed E-state index contributed by atoms with van der Waals surface area (Å²) in [6.07, 6.45) is 8.20. The highest BCUT2D eigenvalue weighted by Gasteiger charge is 2.48. The lowest BCUT2D eigenvalue weighted by molar-refractivity contribution is 0.0954. The van der Waals surface area contributed by atoms with Crippen molar-refractivity contribution in [1.82, 2.24) is 14.3 Å². The van der Waals surface area contributed by atoms with Crippen molar-refractivity contribution in [3.8, 4) is 5.75 Å². The molecule has 2 saturated heterocycles. The molecule has 0 N–H and O–H groups in total. The van der Waals surface area contributed by atoms with E-state index in [0.29, 0.717) is 23.3 Å². The number of nitrogens with zero attached hydrogens (tertiary/aromatic N) is 3. The molecule has 6 nitrogen and oxygen atoms in total. The highest BCUT2D eigenvalue weighted by atomic mass is 32.2. The third-order valence-electron chi connectivity index (χ3n) is 5.71. The summed E-state index contributed by atoms with van der Waals surface area (Å²) < 4.78 is 34.9. The number of aromatic nitrogens is 2. The first-order chi connectivity index (χ1) is 13.6. The first kappa shape index (κ1) is 17.6. The molecule has 2 bridgehead atoms. The molecule has 144 valence electrons. The summed E-state index contributed by atoms with van der Waals surface area (Å²) in [7, 11) is -3.62. The van der Waals surface area contributed by atoms with Gasteiger partial charge in [0.2, 0.25) is 10.0 Å². The van der Waals surface area contributed by atoms with Gasteiger partial charge in [-0.05, 0) is 37.1 Å². The number of pyridine rings is 2. The molecule has 7 heteroatoms. The number of ether oxygens (including phenoxy) is 1. The number of rotatable bonds is 4. The van der Waals surface area contributed by atoms with E-state index in [-0.39, 0.29) is 18.2 Å². The Morgan fingerprint density at radius 2 is 1.71 bits per heavy atom. The zero-order valence-corrected chi connectivity index (χ0v) is 16.1. The molecule has 0 spiro atoms. The van der Waals surface area contributed by atoms with E-state index in [1.54, 1.807) is 35.0 Å². The Labute approximate surface area is 164 Å². The van der Waals surface area contributed by atoms with Crippen molar-refractivity contribution in [1.29, 1.82) is 0 Å². The maximum atomic E-state index is 13.6. The molecule has 4 heterocycles. The summed E-state index contributed by atoms with van der Waals surface area (Å²) in [6, 6.07) is 12.7. The Balaban J connectivity index is 1.44. The first-order valence-corrected chi connectivity index (χ1v) is 11.0. The number of hydrogen-bond acceptors (Lipinski definition) is 5. The van der Waals surface area contributed by atoms with Gasteiger partial charge in [0, 0.05) is 42.7 Å². The third kappa shape index (κ3) is 2.95. The largest absolute Gasteiger partial charge is 0.489 e. The normalized spacial score (nSPS) is 25.1. The van der Waals surface area contributed by atoms with Crippen molar-refractivity contribution in [2.75, 3.05) is 0 Å². The van der Waals surface area contributed by atoms with Crippen LogP contribution in [0.5, 0.6) is 5.75 Å². The van der Waals surface area contributed by atoms with E-state index in [0.717, 1.165) is 24.0 Å². The number of fused-ring (bicyclic) bond motifs is 3. The lowest BCUT2D eigenvalue weighted by Gasteiger charge is -2.37. The zero-order valence-electron chi connectivity index (χ0n) is 15.3. The number of hydrogen-bond donors (Lipinski definition) is 0. The standard InChI is InChI=1S/C21H21N3O3S/c25-28(26,20-7-1-4-15-5-2-11-23-21(15)20)24-16-8-9-17(24)13-19(12-16)27-18-6-3-10-22-14-18/h1-7,10-11,14,16-17,19H,8-9,12-13H2. The average Bonchev–Trinajstić information content (AvgIpc) is 3.00.